The number of nitrogens with zero attached hydrogens (tertiary/aromatic N) is 1. The lowest BCUT2D eigenvalue weighted by Crippen LogP contribution is -2.43. The molecule has 1 aromatic rings. The van der Waals surface area contributed by atoms with Crippen LogP contribution in [0, 0.1) is 6.92 Å². The first-order valence-electron chi connectivity index (χ1n) is 6.14. The van der Waals surface area contributed by atoms with Gasteiger partial charge in [-0.2, -0.15) is 0 Å². The van der Waals surface area contributed by atoms with Gasteiger partial charge in [-0.3, -0.25) is 4.90 Å². The van der Waals surface area contributed by atoms with Crippen molar-refractivity contribution in [3.05, 3.63) is 23.7 Å². The second-order valence-electron chi connectivity index (χ2n) is 4.91. The van der Waals surface area contributed by atoms with Crippen LogP contribution in [0.4, 0.5) is 0 Å². The highest BCUT2D eigenvalue weighted by molar-refractivity contribution is 5.12. The number of furan rings is 1. The highest BCUT2D eigenvalue weighted by atomic mass is 16.3. The standard InChI is InChI=1S/C13H22N2O/c1-10-7-8-12(16-10)13(15(2)3)11-6-4-5-9-14-11/h7-8,11,13-14H,4-6,9H2,1-3H3. The first kappa shape index (κ1) is 11.7. The van der Waals surface area contributed by atoms with Crippen molar-refractivity contribution in [1.82, 2.24) is 10.2 Å². The number of likely N-dealkylation sites (N-methyl/N-ethyl adjacent to an activating group) is 1. The van der Waals surface area contributed by atoms with Crippen molar-refractivity contribution < 1.29 is 4.42 Å². The van der Waals surface area contributed by atoms with Crippen molar-refractivity contribution in [2.45, 2.75) is 38.3 Å². The number of piperidine rings is 1. The summed E-state index contributed by atoms with van der Waals surface area (Å²) in [5, 5.41) is 3.61. The third-order valence-corrected chi connectivity index (χ3v) is 3.34. The molecule has 2 rings (SSSR count). The van der Waals surface area contributed by atoms with Gasteiger partial charge in [-0.25, -0.2) is 0 Å². The quantitative estimate of drug-likeness (QED) is 0.851. The van der Waals surface area contributed by atoms with E-state index in [-0.39, 0.29) is 0 Å². The van der Waals surface area contributed by atoms with Gasteiger partial charge in [0.05, 0.1) is 6.04 Å². The third kappa shape index (κ3) is 2.47. The van der Waals surface area contributed by atoms with Crippen molar-refractivity contribution in [2.75, 3.05) is 20.6 Å². The fraction of sp³-hybridized carbons (Fsp3) is 0.692. The normalized spacial score (nSPS) is 23.6. The molecule has 3 heteroatoms. The van der Waals surface area contributed by atoms with Crippen LogP contribution in [0.25, 0.3) is 0 Å². The minimum Gasteiger partial charge on any atom is -0.465 e. The van der Waals surface area contributed by atoms with E-state index in [1.807, 2.05) is 6.92 Å². The maximum atomic E-state index is 5.78. The van der Waals surface area contributed by atoms with Crippen LogP contribution in [-0.4, -0.2) is 31.6 Å². The van der Waals surface area contributed by atoms with Gasteiger partial charge in [0.2, 0.25) is 0 Å². The summed E-state index contributed by atoms with van der Waals surface area (Å²) >= 11 is 0. The molecule has 1 aliphatic rings. The molecule has 1 fully saturated rings. The predicted octanol–water partition coefficient (Wildman–Crippen LogP) is 2.33. The van der Waals surface area contributed by atoms with Gasteiger partial charge in [0, 0.05) is 6.04 Å². The largest absolute Gasteiger partial charge is 0.465 e. The maximum Gasteiger partial charge on any atom is 0.122 e. The van der Waals surface area contributed by atoms with Crippen molar-refractivity contribution in [3.63, 3.8) is 0 Å². The van der Waals surface area contributed by atoms with Gasteiger partial charge in [-0.05, 0) is 52.5 Å². The minimum absolute atomic E-state index is 0.356. The molecule has 90 valence electrons. The lowest BCUT2D eigenvalue weighted by atomic mass is 9.95. The Balaban J connectivity index is 2.16. The van der Waals surface area contributed by atoms with E-state index >= 15 is 0 Å². The van der Waals surface area contributed by atoms with Crippen LogP contribution < -0.4 is 5.32 Å². The summed E-state index contributed by atoms with van der Waals surface area (Å²) < 4.78 is 5.78. The SMILES string of the molecule is Cc1ccc(C(C2CCCCN2)N(C)C)o1. The van der Waals surface area contributed by atoms with Crippen molar-refractivity contribution in [2.24, 2.45) is 0 Å². The number of hydrogen-bond donors (Lipinski definition) is 1. The van der Waals surface area contributed by atoms with Gasteiger partial charge in [0.1, 0.15) is 11.5 Å². The number of hydrogen-bond acceptors (Lipinski definition) is 3. The molecule has 16 heavy (non-hydrogen) atoms. The van der Waals surface area contributed by atoms with Crippen LogP contribution in [0.15, 0.2) is 16.5 Å². The third-order valence-electron chi connectivity index (χ3n) is 3.34. The summed E-state index contributed by atoms with van der Waals surface area (Å²) in [6, 6.07) is 5.04. The first-order valence-corrected chi connectivity index (χ1v) is 6.14. The lowest BCUT2D eigenvalue weighted by molar-refractivity contribution is 0.178. The zero-order valence-electron chi connectivity index (χ0n) is 10.5. The zero-order valence-corrected chi connectivity index (χ0v) is 10.5. The Labute approximate surface area is 97.8 Å². The Morgan fingerprint density at radius 2 is 2.19 bits per heavy atom. The molecular formula is C13H22N2O. The second-order valence-corrected chi connectivity index (χ2v) is 4.91. The molecule has 1 saturated heterocycles. The summed E-state index contributed by atoms with van der Waals surface area (Å²) in [5.74, 6) is 2.08. The number of rotatable bonds is 3. The topological polar surface area (TPSA) is 28.4 Å². The van der Waals surface area contributed by atoms with E-state index in [4.69, 9.17) is 4.42 Å². The van der Waals surface area contributed by atoms with Crippen LogP contribution >= 0.6 is 0 Å². The average molecular weight is 222 g/mol. The zero-order chi connectivity index (χ0) is 11.5. The Morgan fingerprint density at radius 1 is 1.38 bits per heavy atom. The molecule has 2 heterocycles. The average Bonchev–Trinajstić information content (AvgIpc) is 2.66. The fourth-order valence-corrected chi connectivity index (χ4v) is 2.57. The molecule has 0 bridgehead atoms. The molecule has 2 atom stereocenters. The Morgan fingerprint density at radius 3 is 2.69 bits per heavy atom. The summed E-state index contributed by atoms with van der Waals surface area (Å²) in [4.78, 5) is 2.25. The molecule has 0 aliphatic carbocycles. The maximum absolute atomic E-state index is 5.78. The molecule has 1 aromatic heterocycles. The summed E-state index contributed by atoms with van der Waals surface area (Å²) in [6.07, 6.45) is 3.86. The van der Waals surface area contributed by atoms with E-state index < -0.39 is 0 Å². The van der Waals surface area contributed by atoms with Gasteiger partial charge >= 0.3 is 0 Å². The number of aryl methyl sites for hydroxylation is 1. The minimum atomic E-state index is 0.356. The highest BCUT2D eigenvalue weighted by Crippen LogP contribution is 2.28. The lowest BCUT2D eigenvalue weighted by Gasteiger charge is -2.34. The monoisotopic (exact) mass is 222 g/mol. The Bertz CT molecular complexity index is 326. The molecule has 0 radical (unpaired) electrons. The van der Waals surface area contributed by atoms with Gasteiger partial charge in [0.15, 0.2) is 0 Å². The van der Waals surface area contributed by atoms with E-state index in [9.17, 15) is 0 Å². The van der Waals surface area contributed by atoms with Crippen LogP contribution in [0.2, 0.25) is 0 Å². The van der Waals surface area contributed by atoms with E-state index in [2.05, 4.69) is 36.4 Å². The van der Waals surface area contributed by atoms with E-state index in [0.717, 1.165) is 18.1 Å². The molecular weight excluding hydrogens is 200 g/mol. The highest BCUT2D eigenvalue weighted by Gasteiger charge is 2.28. The van der Waals surface area contributed by atoms with Gasteiger partial charge < -0.3 is 9.73 Å². The Hall–Kier alpha value is -0.800. The Kier molecular flexibility index (Phi) is 3.66. The molecule has 1 N–H and O–H groups in total. The first-order chi connectivity index (χ1) is 7.68. The second kappa shape index (κ2) is 5.02. The molecule has 1 aliphatic heterocycles. The van der Waals surface area contributed by atoms with E-state index in [1.54, 1.807) is 0 Å². The van der Waals surface area contributed by atoms with Crippen LogP contribution in [-0.2, 0) is 0 Å². The van der Waals surface area contributed by atoms with Crippen LogP contribution in [0.5, 0.6) is 0 Å². The summed E-state index contributed by atoms with van der Waals surface area (Å²) in [6.45, 7) is 3.14. The smallest absolute Gasteiger partial charge is 0.122 e. The van der Waals surface area contributed by atoms with Gasteiger partial charge in [0.25, 0.3) is 0 Å². The number of nitrogens with one attached hydrogen (secondary N) is 1. The van der Waals surface area contributed by atoms with E-state index in [0.29, 0.717) is 12.1 Å². The van der Waals surface area contributed by atoms with Crippen molar-refractivity contribution in [1.29, 1.82) is 0 Å². The predicted molar refractivity (Wildman–Crippen MR) is 65.5 cm³/mol. The summed E-state index contributed by atoms with van der Waals surface area (Å²) in [7, 11) is 4.25. The van der Waals surface area contributed by atoms with Gasteiger partial charge in [-0.1, -0.05) is 6.42 Å². The van der Waals surface area contributed by atoms with E-state index in [1.165, 1.54) is 19.3 Å². The summed E-state index contributed by atoms with van der Waals surface area (Å²) in [5.41, 5.74) is 0. The van der Waals surface area contributed by atoms with Crippen LogP contribution in [0.3, 0.4) is 0 Å². The molecule has 2 unspecified atom stereocenters. The van der Waals surface area contributed by atoms with Gasteiger partial charge in [-0.15, -0.1) is 0 Å². The molecule has 0 saturated carbocycles. The molecule has 0 spiro atoms. The van der Waals surface area contributed by atoms with Crippen molar-refractivity contribution in [3.8, 4) is 0 Å². The molecule has 0 amide bonds. The molecule has 0 aromatic carbocycles. The van der Waals surface area contributed by atoms with Crippen molar-refractivity contribution >= 4 is 0 Å². The van der Waals surface area contributed by atoms with Crippen LogP contribution in [0.1, 0.15) is 36.8 Å². The fourth-order valence-electron chi connectivity index (χ4n) is 2.57. The molecule has 3 nitrogen and oxygen atoms in total.